The Labute approximate surface area is 154 Å². The molecule has 3 rings (SSSR count). The molecular weight excluding hydrogens is 350 g/mol. The van der Waals surface area contributed by atoms with Crippen LogP contribution in [0.5, 0.6) is 0 Å². The first-order valence-corrected chi connectivity index (χ1v) is 10.1. The maximum Gasteiger partial charge on any atom is 0.246 e. The topological polar surface area (TPSA) is 92.5 Å². The second-order valence-electron chi connectivity index (χ2n) is 6.67. The third-order valence-electron chi connectivity index (χ3n) is 4.67. The summed E-state index contributed by atoms with van der Waals surface area (Å²) in [5.74, 6) is -0.190. The molecule has 0 aliphatic carbocycles. The summed E-state index contributed by atoms with van der Waals surface area (Å²) in [5.41, 5.74) is 3.96. The van der Waals surface area contributed by atoms with Gasteiger partial charge in [-0.25, -0.2) is 13.6 Å². The number of rotatable bonds is 4. The lowest BCUT2D eigenvalue weighted by Gasteiger charge is -2.35. The molecule has 26 heavy (non-hydrogen) atoms. The third-order valence-corrected chi connectivity index (χ3v) is 5.58. The van der Waals surface area contributed by atoms with Gasteiger partial charge in [0.05, 0.1) is 4.90 Å². The second kappa shape index (κ2) is 7.09. The Bertz CT molecular complexity index is 941. The van der Waals surface area contributed by atoms with Crippen LogP contribution in [-0.2, 0) is 21.2 Å². The third kappa shape index (κ3) is 3.89. The minimum atomic E-state index is -3.81. The van der Waals surface area contributed by atoms with Crippen LogP contribution in [0, 0.1) is 6.92 Å². The molecule has 3 N–H and O–H groups in total. The van der Waals surface area contributed by atoms with Crippen LogP contribution in [0.15, 0.2) is 47.4 Å². The van der Waals surface area contributed by atoms with Crippen LogP contribution in [0.2, 0.25) is 0 Å². The van der Waals surface area contributed by atoms with Gasteiger partial charge in [-0.2, -0.15) is 0 Å². The lowest BCUT2D eigenvalue weighted by Crippen LogP contribution is -2.44. The molecule has 1 heterocycles. The zero-order valence-corrected chi connectivity index (χ0v) is 15.7. The number of nitrogens with one attached hydrogen (secondary N) is 1. The molecule has 0 aromatic heterocycles. The van der Waals surface area contributed by atoms with Crippen LogP contribution in [0.25, 0.3) is 0 Å². The Kier molecular flexibility index (Phi) is 5.02. The lowest BCUT2D eigenvalue weighted by atomic mass is 9.98. The summed E-state index contributed by atoms with van der Waals surface area (Å²) in [6.07, 6.45) is 2.01. The first kappa shape index (κ1) is 18.4. The number of fused-ring (bicyclic) bond motifs is 1. The van der Waals surface area contributed by atoms with Gasteiger partial charge in [0, 0.05) is 17.9 Å². The van der Waals surface area contributed by atoms with E-state index in [1.165, 1.54) is 23.3 Å². The lowest BCUT2D eigenvalue weighted by molar-refractivity contribution is -0.117. The van der Waals surface area contributed by atoms with Gasteiger partial charge in [-0.3, -0.25) is 4.79 Å². The van der Waals surface area contributed by atoms with Crippen LogP contribution >= 0.6 is 0 Å². The largest absolute Gasteiger partial charge is 0.360 e. The Morgan fingerprint density at radius 3 is 2.73 bits per heavy atom. The molecular formula is C19H23N3O3S. The Morgan fingerprint density at radius 1 is 1.23 bits per heavy atom. The molecule has 138 valence electrons. The van der Waals surface area contributed by atoms with Crippen LogP contribution in [-0.4, -0.2) is 26.9 Å². The number of amides is 1. The normalized spacial score (nSPS) is 15.3. The average molecular weight is 373 g/mol. The van der Waals surface area contributed by atoms with E-state index >= 15 is 0 Å². The van der Waals surface area contributed by atoms with E-state index in [1.54, 1.807) is 12.1 Å². The van der Waals surface area contributed by atoms with Crippen molar-refractivity contribution in [1.29, 1.82) is 0 Å². The number of aryl methyl sites for hydroxylation is 2. The SMILES string of the molecule is Cc1ccc2c(c1)CCCN2C(C)C(=O)Nc1cccc(S(N)(=O)=O)c1. The fourth-order valence-electron chi connectivity index (χ4n) is 3.30. The number of carbonyl (C=O) groups excluding carboxylic acids is 1. The summed E-state index contributed by atoms with van der Waals surface area (Å²) in [7, 11) is -3.81. The van der Waals surface area contributed by atoms with E-state index in [0.717, 1.165) is 25.1 Å². The number of carbonyl (C=O) groups is 1. The molecule has 1 unspecified atom stereocenters. The molecule has 0 fully saturated rings. The van der Waals surface area contributed by atoms with Crippen molar-refractivity contribution in [3.05, 3.63) is 53.6 Å². The molecule has 1 aliphatic heterocycles. The quantitative estimate of drug-likeness (QED) is 0.861. The first-order chi connectivity index (χ1) is 12.3. The number of nitrogens with two attached hydrogens (primary N) is 1. The minimum absolute atomic E-state index is 0.0262. The van der Waals surface area contributed by atoms with Gasteiger partial charge in [0.15, 0.2) is 0 Å². The highest BCUT2D eigenvalue weighted by molar-refractivity contribution is 7.89. The van der Waals surface area contributed by atoms with E-state index in [1.807, 2.05) is 6.92 Å². The van der Waals surface area contributed by atoms with Gasteiger partial charge in [0.2, 0.25) is 15.9 Å². The van der Waals surface area contributed by atoms with E-state index in [0.29, 0.717) is 5.69 Å². The first-order valence-electron chi connectivity index (χ1n) is 8.55. The van der Waals surface area contributed by atoms with Crippen molar-refractivity contribution in [2.24, 2.45) is 5.14 Å². The van der Waals surface area contributed by atoms with E-state index < -0.39 is 10.0 Å². The number of anilines is 2. The zero-order valence-electron chi connectivity index (χ0n) is 14.9. The van der Waals surface area contributed by atoms with Gasteiger partial charge < -0.3 is 10.2 Å². The number of benzene rings is 2. The molecule has 0 bridgehead atoms. The number of nitrogens with zero attached hydrogens (tertiary/aromatic N) is 1. The number of hydrogen-bond acceptors (Lipinski definition) is 4. The van der Waals surface area contributed by atoms with Crippen molar-refractivity contribution >= 4 is 27.3 Å². The number of primary sulfonamides is 1. The second-order valence-corrected chi connectivity index (χ2v) is 8.23. The molecule has 7 heteroatoms. The van der Waals surface area contributed by atoms with Crippen LogP contribution in [0.3, 0.4) is 0 Å². The predicted molar refractivity (Wildman–Crippen MR) is 103 cm³/mol. The summed E-state index contributed by atoms with van der Waals surface area (Å²) in [4.78, 5) is 14.8. The highest BCUT2D eigenvalue weighted by Gasteiger charge is 2.26. The zero-order chi connectivity index (χ0) is 18.9. The van der Waals surface area contributed by atoms with Gasteiger partial charge in [-0.05, 0) is 56.5 Å². The monoisotopic (exact) mass is 373 g/mol. The fraction of sp³-hybridized carbons (Fsp3) is 0.316. The highest BCUT2D eigenvalue weighted by atomic mass is 32.2. The maximum absolute atomic E-state index is 12.7. The summed E-state index contributed by atoms with van der Waals surface area (Å²) in [6, 6.07) is 11.9. The van der Waals surface area contributed by atoms with Crippen LogP contribution in [0.1, 0.15) is 24.5 Å². The van der Waals surface area contributed by atoms with Gasteiger partial charge in [-0.1, -0.05) is 23.8 Å². The summed E-state index contributed by atoms with van der Waals surface area (Å²) in [6.45, 7) is 4.73. The molecule has 1 amide bonds. The van der Waals surface area contributed by atoms with E-state index in [-0.39, 0.29) is 16.8 Å². The molecule has 0 spiro atoms. The minimum Gasteiger partial charge on any atom is -0.360 e. The smallest absolute Gasteiger partial charge is 0.246 e. The summed E-state index contributed by atoms with van der Waals surface area (Å²) in [5, 5.41) is 7.94. The Hall–Kier alpha value is -2.38. The standard InChI is InChI=1S/C19H23N3O3S/c1-13-8-9-18-15(11-13)5-4-10-22(18)14(2)19(23)21-16-6-3-7-17(12-16)26(20,24)25/h3,6-9,11-12,14H,4-5,10H2,1-2H3,(H,21,23)(H2,20,24,25). The maximum atomic E-state index is 12.7. The predicted octanol–water partition coefficient (Wildman–Crippen LogP) is 2.42. The fourth-order valence-corrected chi connectivity index (χ4v) is 3.86. The van der Waals surface area contributed by atoms with E-state index in [9.17, 15) is 13.2 Å². The van der Waals surface area contributed by atoms with Crippen molar-refractivity contribution in [2.45, 2.75) is 37.6 Å². The molecule has 0 saturated heterocycles. The van der Waals surface area contributed by atoms with E-state index in [4.69, 9.17) is 5.14 Å². The Morgan fingerprint density at radius 2 is 2.00 bits per heavy atom. The molecule has 1 atom stereocenters. The molecule has 2 aromatic carbocycles. The van der Waals surface area contributed by atoms with Crippen molar-refractivity contribution < 1.29 is 13.2 Å². The van der Waals surface area contributed by atoms with Crippen molar-refractivity contribution in [1.82, 2.24) is 0 Å². The van der Waals surface area contributed by atoms with Crippen molar-refractivity contribution in [3.8, 4) is 0 Å². The average Bonchev–Trinajstić information content (AvgIpc) is 2.59. The summed E-state index contributed by atoms with van der Waals surface area (Å²) >= 11 is 0. The van der Waals surface area contributed by atoms with Crippen molar-refractivity contribution in [3.63, 3.8) is 0 Å². The Balaban J connectivity index is 1.79. The molecule has 2 aromatic rings. The highest BCUT2D eigenvalue weighted by Crippen LogP contribution is 2.30. The van der Waals surface area contributed by atoms with Crippen molar-refractivity contribution in [2.75, 3.05) is 16.8 Å². The number of hydrogen-bond donors (Lipinski definition) is 2. The summed E-state index contributed by atoms with van der Waals surface area (Å²) < 4.78 is 22.9. The molecule has 1 aliphatic rings. The molecule has 0 saturated carbocycles. The van der Waals surface area contributed by atoms with E-state index in [2.05, 4.69) is 35.3 Å². The molecule has 6 nitrogen and oxygen atoms in total. The van der Waals surface area contributed by atoms with Gasteiger partial charge in [0.1, 0.15) is 6.04 Å². The van der Waals surface area contributed by atoms with Gasteiger partial charge >= 0.3 is 0 Å². The number of sulfonamides is 1. The van der Waals surface area contributed by atoms with Gasteiger partial charge in [-0.15, -0.1) is 0 Å². The molecule has 0 radical (unpaired) electrons. The van der Waals surface area contributed by atoms with Crippen LogP contribution in [0.4, 0.5) is 11.4 Å². The van der Waals surface area contributed by atoms with Crippen LogP contribution < -0.4 is 15.4 Å². The van der Waals surface area contributed by atoms with Gasteiger partial charge in [0.25, 0.3) is 0 Å².